The smallest absolute Gasteiger partial charge is 0.256 e. The Morgan fingerprint density at radius 2 is 1.92 bits per heavy atom. The summed E-state index contributed by atoms with van der Waals surface area (Å²) in [6.45, 7) is 0.218. The number of hydrogen-bond donors (Lipinski definition) is 0. The molecule has 0 unspecified atom stereocenters. The highest BCUT2D eigenvalue weighted by Gasteiger charge is 2.30. The second-order valence-corrected chi connectivity index (χ2v) is 7.74. The lowest BCUT2D eigenvalue weighted by Crippen LogP contribution is -2.38. The normalized spacial score (nSPS) is 18.3. The van der Waals surface area contributed by atoms with Crippen LogP contribution in [0.15, 0.2) is 64.2 Å². The van der Waals surface area contributed by atoms with Gasteiger partial charge in [0.15, 0.2) is 5.84 Å². The maximum Gasteiger partial charge on any atom is 0.256 e. The molecular formula is C17H13ClN4O3S. The first-order valence-electron chi connectivity index (χ1n) is 7.76. The number of pyridine rings is 1. The van der Waals surface area contributed by atoms with Crippen LogP contribution in [0.1, 0.15) is 5.56 Å². The van der Waals surface area contributed by atoms with Gasteiger partial charge in [-0.1, -0.05) is 29.8 Å². The number of amidine groups is 1. The summed E-state index contributed by atoms with van der Waals surface area (Å²) in [5.74, 6) is 1.29. The lowest BCUT2D eigenvalue weighted by Gasteiger charge is -2.28. The molecular weight excluding hydrogens is 376 g/mol. The fourth-order valence-corrected chi connectivity index (χ4v) is 3.74. The fraction of sp³-hybridized carbons (Fsp3) is 0.118. The second kappa shape index (κ2) is 6.54. The zero-order valence-corrected chi connectivity index (χ0v) is 15.0. The number of hydrazone groups is 1. The highest BCUT2D eigenvalue weighted by Crippen LogP contribution is 2.28. The van der Waals surface area contributed by atoms with Gasteiger partial charge in [-0.05, 0) is 29.8 Å². The average Bonchev–Trinajstić information content (AvgIpc) is 2.63. The van der Waals surface area contributed by atoms with Gasteiger partial charge in [0.2, 0.25) is 5.88 Å². The molecule has 2 aliphatic rings. The second-order valence-electron chi connectivity index (χ2n) is 5.60. The van der Waals surface area contributed by atoms with Gasteiger partial charge in [0.05, 0.1) is 12.3 Å². The van der Waals surface area contributed by atoms with E-state index in [2.05, 4.69) is 14.5 Å². The predicted octanol–water partition coefficient (Wildman–Crippen LogP) is 2.87. The predicted molar refractivity (Wildman–Crippen MR) is 99.9 cm³/mol. The molecule has 1 aromatic carbocycles. The zero-order chi connectivity index (χ0) is 18.1. The Hall–Kier alpha value is -2.71. The summed E-state index contributed by atoms with van der Waals surface area (Å²) >= 11 is 6.09. The number of hydrogen-bond acceptors (Lipinski definition) is 6. The van der Waals surface area contributed by atoms with E-state index in [1.807, 2.05) is 24.3 Å². The first kappa shape index (κ1) is 16.7. The van der Waals surface area contributed by atoms with Crippen molar-refractivity contribution in [2.75, 3.05) is 12.3 Å². The Labute approximate surface area is 155 Å². The topological polar surface area (TPSA) is 84.2 Å². The van der Waals surface area contributed by atoms with Crippen molar-refractivity contribution in [1.29, 1.82) is 0 Å². The molecule has 0 saturated carbocycles. The summed E-state index contributed by atoms with van der Waals surface area (Å²) in [7, 11) is -3.50. The molecule has 0 radical (unpaired) electrons. The van der Waals surface area contributed by atoms with E-state index in [4.69, 9.17) is 16.3 Å². The first-order valence-corrected chi connectivity index (χ1v) is 9.75. The van der Waals surface area contributed by atoms with E-state index in [9.17, 15) is 8.42 Å². The Morgan fingerprint density at radius 3 is 2.65 bits per heavy atom. The molecule has 0 bridgehead atoms. The molecule has 1 aromatic heterocycles. The minimum absolute atomic E-state index is 0.0890. The van der Waals surface area contributed by atoms with Crippen LogP contribution in [0, 0.1) is 0 Å². The van der Waals surface area contributed by atoms with Crippen LogP contribution < -0.4 is 4.74 Å². The van der Waals surface area contributed by atoms with Crippen LogP contribution in [0.5, 0.6) is 11.6 Å². The summed E-state index contributed by atoms with van der Waals surface area (Å²) in [6.07, 6.45) is 3.25. The minimum Gasteiger partial charge on any atom is -0.439 e. The summed E-state index contributed by atoms with van der Waals surface area (Å²) in [5, 5.41) is 5.91. The summed E-state index contributed by atoms with van der Waals surface area (Å²) < 4.78 is 33.3. The molecule has 0 saturated heterocycles. The number of ether oxygens (including phenoxy) is 1. The summed E-state index contributed by atoms with van der Waals surface area (Å²) in [4.78, 5) is 4.11. The van der Waals surface area contributed by atoms with E-state index in [1.54, 1.807) is 30.5 Å². The SMILES string of the molecule is O=S1(=O)CCN2N=C(Cl)C=C(c3ccc(Oc4ccccn4)cc3)C2=N1. The lowest BCUT2D eigenvalue weighted by atomic mass is 10.0. The van der Waals surface area contributed by atoms with E-state index in [-0.39, 0.29) is 23.3 Å². The number of aromatic nitrogens is 1. The molecule has 0 N–H and O–H groups in total. The van der Waals surface area contributed by atoms with E-state index in [1.165, 1.54) is 5.01 Å². The molecule has 3 heterocycles. The van der Waals surface area contributed by atoms with Crippen molar-refractivity contribution in [3.63, 3.8) is 0 Å². The molecule has 132 valence electrons. The Balaban J connectivity index is 1.66. The third kappa shape index (κ3) is 3.47. The van der Waals surface area contributed by atoms with E-state index in [0.717, 1.165) is 5.56 Å². The molecule has 0 spiro atoms. The van der Waals surface area contributed by atoms with Crippen LogP contribution in [0.4, 0.5) is 0 Å². The minimum atomic E-state index is -3.50. The van der Waals surface area contributed by atoms with Gasteiger partial charge in [0.1, 0.15) is 10.9 Å². The average molecular weight is 389 g/mol. The molecule has 0 amide bonds. The van der Waals surface area contributed by atoms with E-state index >= 15 is 0 Å². The number of sulfonamides is 1. The molecule has 2 aromatic rings. The number of rotatable bonds is 3. The van der Waals surface area contributed by atoms with Gasteiger partial charge in [0.25, 0.3) is 10.0 Å². The first-order chi connectivity index (χ1) is 12.5. The maximum absolute atomic E-state index is 11.9. The van der Waals surface area contributed by atoms with Crippen LogP contribution in [-0.2, 0) is 10.0 Å². The van der Waals surface area contributed by atoms with Gasteiger partial charge >= 0.3 is 0 Å². The standard InChI is InChI=1S/C17H13ClN4O3S/c18-15-11-14(17-21-26(23,24)10-9-22(17)20-15)12-4-6-13(7-5-12)25-16-3-1-2-8-19-16/h1-8,11H,9-10H2. The van der Waals surface area contributed by atoms with Crippen LogP contribution in [0.2, 0.25) is 0 Å². The quantitative estimate of drug-likeness (QED) is 0.807. The number of benzene rings is 1. The highest BCUT2D eigenvalue weighted by atomic mass is 35.5. The lowest BCUT2D eigenvalue weighted by molar-refractivity contribution is 0.462. The van der Waals surface area contributed by atoms with Crippen LogP contribution in [0.3, 0.4) is 0 Å². The van der Waals surface area contributed by atoms with Gasteiger partial charge in [-0.2, -0.15) is 5.10 Å². The van der Waals surface area contributed by atoms with Crippen LogP contribution in [-0.4, -0.2) is 41.7 Å². The Kier molecular flexibility index (Phi) is 4.21. The van der Waals surface area contributed by atoms with Gasteiger partial charge < -0.3 is 4.74 Å². The van der Waals surface area contributed by atoms with Gasteiger partial charge in [-0.15, -0.1) is 4.40 Å². The summed E-state index contributed by atoms with van der Waals surface area (Å²) in [5.41, 5.74) is 1.35. The van der Waals surface area contributed by atoms with Crippen molar-refractivity contribution < 1.29 is 13.2 Å². The van der Waals surface area contributed by atoms with Crippen molar-refractivity contribution in [3.05, 3.63) is 60.3 Å². The van der Waals surface area contributed by atoms with Crippen LogP contribution >= 0.6 is 11.6 Å². The fourth-order valence-electron chi connectivity index (χ4n) is 2.59. The molecule has 4 rings (SSSR count). The van der Waals surface area contributed by atoms with E-state index < -0.39 is 10.0 Å². The molecule has 0 atom stereocenters. The number of halogens is 1. The third-order valence-electron chi connectivity index (χ3n) is 3.78. The maximum atomic E-state index is 11.9. The van der Waals surface area contributed by atoms with Crippen molar-refractivity contribution in [2.45, 2.75) is 0 Å². The van der Waals surface area contributed by atoms with Crippen molar-refractivity contribution in [1.82, 2.24) is 9.99 Å². The Bertz CT molecular complexity index is 1030. The van der Waals surface area contributed by atoms with Crippen molar-refractivity contribution in [3.8, 4) is 11.6 Å². The molecule has 0 aliphatic carbocycles. The van der Waals surface area contributed by atoms with Gasteiger partial charge in [0, 0.05) is 17.8 Å². The largest absolute Gasteiger partial charge is 0.439 e. The molecule has 0 fully saturated rings. The zero-order valence-electron chi connectivity index (χ0n) is 13.4. The van der Waals surface area contributed by atoms with Gasteiger partial charge in [-0.25, -0.2) is 18.4 Å². The number of allylic oxidation sites excluding steroid dienone is 1. The van der Waals surface area contributed by atoms with Gasteiger partial charge in [-0.3, -0.25) is 0 Å². The number of fused-ring (bicyclic) bond motifs is 1. The summed E-state index contributed by atoms with van der Waals surface area (Å²) in [6, 6.07) is 12.6. The monoisotopic (exact) mass is 388 g/mol. The molecule has 26 heavy (non-hydrogen) atoms. The molecule has 7 nitrogen and oxygen atoms in total. The van der Waals surface area contributed by atoms with Crippen LogP contribution in [0.25, 0.3) is 5.57 Å². The highest BCUT2D eigenvalue weighted by molar-refractivity contribution is 7.90. The number of nitrogens with zero attached hydrogens (tertiary/aromatic N) is 4. The Morgan fingerprint density at radius 1 is 1.12 bits per heavy atom. The third-order valence-corrected chi connectivity index (χ3v) is 5.11. The molecule has 9 heteroatoms. The molecule has 2 aliphatic heterocycles. The van der Waals surface area contributed by atoms with Crippen molar-refractivity contribution in [2.24, 2.45) is 9.50 Å². The van der Waals surface area contributed by atoms with E-state index in [0.29, 0.717) is 17.2 Å². The van der Waals surface area contributed by atoms with Crippen molar-refractivity contribution >= 4 is 38.2 Å².